The highest BCUT2D eigenvalue weighted by Crippen LogP contribution is 2.32. The molecule has 1 aliphatic carbocycles. The molecule has 2 aromatic rings. The summed E-state index contributed by atoms with van der Waals surface area (Å²) in [4.78, 5) is 49.9. The third-order valence-electron chi connectivity index (χ3n) is 5.21. The lowest BCUT2D eigenvalue weighted by atomic mass is 10.1. The van der Waals surface area contributed by atoms with Crippen molar-refractivity contribution in [2.45, 2.75) is 18.9 Å². The topological polar surface area (TPSA) is 95.6 Å². The summed E-state index contributed by atoms with van der Waals surface area (Å²) >= 11 is 0.738. The lowest BCUT2D eigenvalue weighted by molar-refractivity contribution is -0.123. The fourth-order valence-electron chi connectivity index (χ4n) is 3.19. The number of hydrogen-bond donors (Lipinski definition) is 2. The summed E-state index contributed by atoms with van der Waals surface area (Å²) in [6, 6.07) is 13.2. The Morgan fingerprint density at radius 1 is 1.09 bits per heavy atom. The number of rotatable bonds is 8. The molecule has 1 saturated carbocycles. The van der Waals surface area contributed by atoms with E-state index in [1.165, 1.54) is 24.3 Å². The molecule has 2 aromatic carbocycles. The molecule has 0 atom stereocenters. The van der Waals surface area contributed by atoms with E-state index in [1.54, 1.807) is 42.5 Å². The highest BCUT2D eigenvalue weighted by atomic mass is 32.2. The minimum Gasteiger partial charge on any atom is -0.351 e. The van der Waals surface area contributed by atoms with Gasteiger partial charge in [-0.1, -0.05) is 30.3 Å². The van der Waals surface area contributed by atoms with Gasteiger partial charge in [-0.05, 0) is 60.5 Å². The molecule has 9 heteroatoms. The first-order chi connectivity index (χ1) is 16.4. The summed E-state index contributed by atoms with van der Waals surface area (Å²) < 4.78 is 13.8. The summed E-state index contributed by atoms with van der Waals surface area (Å²) in [5, 5.41) is 5.07. The number of imide groups is 1. The number of thioether (sulfide) groups is 1. The van der Waals surface area contributed by atoms with Gasteiger partial charge < -0.3 is 10.6 Å². The first kappa shape index (κ1) is 23.4. The molecule has 1 saturated heterocycles. The van der Waals surface area contributed by atoms with Gasteiger partial charge in [-0.2, -0.15) is 0 Å². The first-order valence-corrected chi connectivity index (χ1v) is 11.6. The van der Waals surface area contributed by atoms with Crippen molar-refractivity contribution in [2.24, 2.45) is 0 Å². The summed E-state index contributed by atoms with van der Waals surface area (Å²) in [5.41, 5.74) is 1.54. The average molecular weight is 480 g/mol. The molecule has 34 heavy (non-hydrogen) atoms. The van der Waals surface area contributed by atoms with Crippen LogP contribution < -0.4 is 10.6 Å². The maximum atomic E-state index is 13.8. The molecule has 2 aliphatic rings. The Labute approximate surface area is 200 Å². The Hall–Kier alpha value is -3.72. The fraction of sp³-hybridized carbons (Fsp3) is 0.200. The van der Waals surface area contributed by atoms with Crippen molar-refractivity contribution < 1.29 is 23.6 Å². The zero-order valence-electron chi connectivity index (χ0n) is 18.1. The van der Waals surface area contributed by atoms with Crippen LogP contribution in [0.2, 0.25) is 0 Å². The van der Waals surface area contributed by atoms with Crippen molar-refractivity contribution in [3.8, 4) is 0 Å². The van der Waals surface area contributed by atoms with Gasteiger partial charge in [-0.15, -0.1) is 0 Å². The number of nitrogens with zero attached hydrogens (tertiary/aromatic N) is 1. The molecule has 174 valence electrons. The molecule has 1 heterocycles. The minimum absolute atomic E-state index is 0.00363. The molecule has 4 amide bonds. The highest BCUT2D eigenvalue weighted by molar-refractivity contribution is 8.18. The number of carbonyl (C=O) groups excluding carboxylic acids is 4. The Morgan fingerprint density at radius 2 is 1.82 bits per heavy atom. The highest BCUT2D eigenvalue weighted by Gasteiger charge is 2.34. The summed E-state index contributed by atoms with van der Waals surface area (Å²) in [6.07, 6.45) is 6.33. The van der Waals surface area contributed by atoms with Crippen molar-refractivity contribution in [2.75, 3.05) is 13.1 Å². The predicted octanol–water partition coefficient (Wildman–Crippen LogP) is 3.58. The van der Waals surface area contributed by atoms with Crippen LogP contribution in [0, 0.1) is 5.82 Å². The normalized spacial score (nSPS) is 17.0. The van der Waals surface area contributed by atoms with Crippen LogP contribution in [0.15, 0.2) is 59.5 Å². The van der Waals surface area contributed by atoms with Gasteiger partial charge in [0.1, 0.15) is 5.82 Å². The number of nitrogens with one attached hydrogen (secondary N) is 2. The molecule has 7 nitrogen and oxygen atoms in total. The van der Waals surface area contributed by atoms with Crippen LogP contribution in [0.4, 0.5) is 9.18 Å². The smallest absolute Gasteiger partial charge is 0.293 e. The van der Waals surface area contributed by atoms with Crippen LogP contribution >= 0.6 is 11.8 Å². The van der Waals surface area contributed by atoms with Crippen LogP contribution in [-0.2, 0) is 9.59 Å². The Balaban J connectivity index is 1.25. The zero-order valence-corrected chi connectivity index (χ0v) is 18.9. The summed E-state index contributed by atoms with van der Waals surface area (Å²) in [5.74, 6) is -1.49. The van der Waals surface area contributed by atoms with Gasteiger partial charge in [0.2, 0.25) is 5.91 Å². The SMILES string of the molecule is O=C(/C=C/c1ccc(C(=O)NC2CC2)cc1)NCCN1C(=O)S/C(=C\c2ccccc2F)C1=O. The van der Waals surface area contributed by atoms with Crippen molar-refractivity contribution in [1.29, 1.82) is 0 Å². The molecule has 0 spiro atoms. The van der Waals surface area contributed by atoms with E-state index in [0.717, 1.165) is 35.1 Å². The van der Waals surface area contributed by atoms with Gasteiger partial charge in [0, 0.05) is 36.3 Å². The monoisotopic (exact) mass is 479 g/mol. The number of hydrogen-bond acceptors (Lipinski definition) is 5. The van der Waals surface area contributed by atoms with Gasteiger partial charge in [0.25, 0.3) is 17.1 Å². The molecular formula is C25H22FN3O4S. The Kier molecular flexibility index (Phi) is 7.22. The second-order valence-corrected chi connectivity index (χ2v) is 8.84. The molecule has 0 unspecified atom stereocenters. The minimum atomic E-state index is -0.520. The first-order valence-electron chi connectivity index (χ1n) is 10.8. The molecule has 4 rings (SSSR count). The maximum Gasteiger partial charge on any atom is 0.293 e. The third kappa shape index (κ3) is 5.99. The van der Waals surface area contributed by atoms with Crippen molar-refractivity contribution in [1.82, 2.24) is 15.5 Å². The number of amides is 4. The van der Waals surface area contributed by atoms with Gasteiger partial charge >= 0.3 is 0 Å². The molecular weight excluding hydrogens is 457 g/mol. The molecule has 0 radical (unpaired) electrons. The van der Waals surface area contributed by atoms with Crippen LogP contribution in [0.3, 0.4) is 0 Å². The average Bonchev–Trinajstić information content (AvgIpc) is 3.60. The van der Waals surface area contributed by atoms with E-state index in [2.05, 4.69) is 10.6 Å². The quantitative estimate of drug-likeness (QED) is 0.565. The van der Waals surface area contributed by atoms with Crippen LogP contribution in [0.25, 0.3) is 12.2 Å². The predicted molar refractivity (Wildman–Crippen MR) is 128 cm³/mol. The molecule has 2 fully saturated rings. The van der Waals surface area contributed by atoms with E-state index in [9.17, 15) is 23.6 Å². The number of carbonyl (C=O) groups is 4. The Bertz CT molecular complexity index is 1190. The molecule has 0 bridgehead atoms. The molecule has 0 aromatic heterocycles. The van der Waals surface area contributed by atoms with Gasteiger partial charge in [-0.3, -0.25) is 24.1 Å². The van der Waals surface area contributed by atoms with E-state index in [4.69, 9.17) is 0 Å². The second-order valence-electron chi connectivity index (χ2n) is 7.85. The van der Waals surface area contributed by atoms with Crippen molar-refractivity contribution in [3.05, 3.63) is 82.0 Å². The fourth-order valence-corrected chi connectivity index (χ4v) is 4.05. The molecule has 2 N–H and O–H groups in total. The van der Waals surface area contributed by atoms with Crippen molar-refractivity contribution >= 4 is 46.9 Å². The van der Waals surface area contributed by atoms with E-state index < -0.39 is 17.0 Å². The lowest BCUT2D eigenvalue weighted by Gasteiger charge is -2.12. The van der Waals surface area contributed by atoms with E-state index in [-0.39, 0.29) is 41.4 Å². The Morgan fingerprint density at radius 3 is 2.53 bits per heavy atom. The van der Waals surface area contributed by atoms with E-state index >= 15 is 0 Å². The van der Waals surface area contributed by atoms with Crippen LogP contribution in [0.1, 0.15) is 34.3 Å². The third-order valence-corrected chi connectivity index (χ3v) is 6.12. The molecule has 1 aliphatic heterocycles. The number of benzene rings is 2. The zero-order chi connectivity index (χ0) is 24.1. The van der Waals surface area contributed by atoms with Gasteiger partial charge in [0.05, 0.1) is 4.91 Å². The number of halogens is 1. The largest absolute Gasteiger partial charge is 0.351 e. The van der Waals surface area contributed by atoms with E-state index in [0.29, 0.717) is 5.56 Å². The van der Waals surface area contributed by atoms with Crippen molar-refractivity contribution in [3.63, 3.8) is 0 Å². The van der Waals surface area contributed by atoms with Crippen LogP contribution in [-0.4, -0.2) is 47.0 Å². The van der Waals surface area contributed by atoms with Gasteiger partial charge in [0.15, 0.2) is 0 Å². The van der Waals surface area contributed by atoms with Gasteiger partial charge in [-0.25, -0.2) is 4.39 Å². The lowest BCUT2D eigenvalue weighted by Crippen LogP contribution is -2.36. The standard InChI is InChI=1S/C25H22FN3O4S/c26-20-4-2-1-3-18(20)15-21-24(32)29(25(33)34-21)14-13-27-22(30)12-7-16-5-8-17(9-6-16)23(31)28-19-10-11-19/h1-9,12,15,19H,10-11,13-14H2,(H,27,30)(H,28,31)/b12-7+,21-15-. The summed E-state index contributed by atoms with van der Waals surface area (Å²) in [7, 11) is 0. The maximum absolute atomic E-state index is 13.8. The second kappa shape index (κ2) is 10.5. The van der Waals surface area contributed by atoms with Crippen LogP contribution in [0.5, 0.6) is 0 Å². The summed E-state index contributed by atoms with van der Waals surface area (Å²) in [6.45, 7) is 0.0815. The van der Waals surface area contributed by atoms with E-state index in [1.807, 2.05) is 0 Å².